The lowest BCUT2D eigenvalue weighted by atomic mass is 9.98. The van der Waals surface area contributed by atoms with E-state index in [4.69, 9.17) is 10.5 Å². The number of rotatable bonds is 3. The van der Waals surface area contributed by atoms with Gasteiger partial charge in [-0.1, -0.05) is 30.3 Å². The topological polar surface area (TPSA) is 35.2 Å². The first-order valence-corrected chi connectivity index (χ1v) is 5.75. The van der Waals surface area contributed by atoms with E-state index in [0.717, 1.165) is 32.3 Å². The molecule has 1 aliphatic rings. The molecule has 0 saturated carbocycles. The second kappa shape index (κ2) is 5.29. The Morgan fingerprint density at radius 1 is 1.27 bits per heavy atom. The van der Waals surface area contributed by atoms with Crippen LogP contribution in [0, 0.1) is 0 Å². The average molecular weight is 205 g/mol. The Balaban J connectivity index is 1.78. The Hall–Kier alpha value is -0.860. The Morgan fingerprint density at radius 2 is 2.07 bits per heavy atom. The number of hydrogen-bond acceptors (Lipinski definition) is 2. The predicted octanol–water partition coefficient (Wildman–Crippen LogP) is 2.13. The summed E-state index contributed by atoms with van der Waals surface area (Å²) in [5.41, 5.74) is 7.30. The predicted molar refractivity (Wildman–Crippen MR) is 61.7 cm³/mol. The first-order chi connectivity index (χ1) is 7.34. The van der Waals surface area contributed by atoms with Gasteiger partial charge in [0.25, 0.3) is 0 Å². The number of benzene rings is 1. The lowest BCUT2D eigenvalue weighted by Gasteiger charge is -2.27. The molecule has 0 bridgehead atoms. The van der Waals surface area contributed by atoms with Crippen LogP contribution in [0.15, 0.2) is 30.3 Å². The number of aryl methyl sites for hydroxylation is 1. The zero-order valence-corrected chi connectivity index (χ0v) is 9.06. The molecular weight excluding hydrogens is 186 g/mol. The minimum absolute atomic E-state index is 0.347. The maximum atomic E-state index is 5.91. The van der Waals surface area contributed by atoms with Gasteiger partial charge in [-0.05, 0) is 31.2 Å². The summed E-state index contributed by atoms with van der Waals surface area (Å²) in [7, 11) is 0. The smallest absolute Gasteiger partial charge is 0.0593 e. The summed E-state index contributed by atoms with van der Waals surface area (Å²) in [6.45, 7) is 0.834. The highest BCUT2D eigenvalue weighted by Crippen LogP contribution is 2.17. The third-order valence-electron chi connectivity index (χ3n) is 3.01. The molecule has 1 saturated heterocycles. The van der Waals surface area contributed by atoms with E-state index in [2.05, 4.69) is 30.3 Å². The van der Waals surface area contributed by atoms with Crippen LogP contribution in [-0.2, 0) is 11.2 Å². The van der Waals surface area contributed by atoms with Crippen molar-refractivity contribution in [2.24, 2.45) is 5.73 Å². The summed E-state index contributed by atoms with van der Waals surface area (Å²) in [6, 6.07) is 10.9. The lowest BCUT2D eigenvalue weighted by molar-refractivity contribution is 0.00356. The summed E-state index contributed by atoms with van der Waals surface area (Å²) in [6.07, 6.45) is 4.60. The van der Waals surface area contributed by atoms with Crippen LogP contribution in [0.1, 0.15) is 24.8 Å². The fraction of sp³-hybridized carbons (Fsp3) is 0.538. The molecule has 2 N–H and O–H groups in total. The Kier molecular flexibility index (Phi) is 3.75. The molecule has 0 amide bonds. The third-order valence-corrected chi connectivity index (χ3v) is 3.01. The molecule has 2 unspecified atom stereocenters. The number of nitrogens with two attached hydrogens (primary N) is 1. The van der Waals surface area contributed by atoms with Gasteiger partial charge in [0.15, 0.2) is 0 Å². The molecule has 0 aliphatic carbocycles. The van der Waals surface area contributed by atoms with E-state index in [1.165, 1.54) is 5.56 Å². The van der Waals surface area contributed by atoms with Crippen LogP contribution in [0.2, 0.25) is 0 Å². The van der Waals surface area contributed by atoms with Crippen molar-refractivity contribution in [1.29, 1.82) is 0 Å². The normalized spacial score (nSPS) is 26.5. The van der Waals surface area contributed by atoms with Gasteiger partial charge in [0.1, 0.15) is 0 Å². The van der Waals surface area contributed by atoms with Crippen LogP contribution in [0.5, 0.6) is 0 Å². The van der Waals surface area contributed by atoms with E-state index in [0.29, 0.717) is 12.1 Å². The Morgan fingerprint density at radius 3 is 2.80 bits per heavy atom. The molecule has 2 heteroatoms. The molecule has 1 fully saturated rings. The molecule has 0 spiro atoms. The van der Waals surface area contributed by atoms with Gasteiger partial charge in [0.2, 0.25) is 0 Å². The first kappa shape index (κ1) is 10.7. The highest BCUT2D eigenvalue weighted by Gasteiger charge is 2.19. The van der Waals surface area contributed by atoms with Crippen LogP contribution >= 0.6 is 0 Å². The van der Waals surface area contributed by atoms with Crippen molar-refractivity contribution in [3.63, 3.8) is 0 Å². The molecule has 1 aromatic carbocycles. The Bertz CT molecular complexity index is 286. The van der Waals surface area contributed by atoms with Crippen molar-refractivity contribution in [2.75, 3.05) is 6.61 Å². The average Bonchev–Trinajstić information content (AvgIpc) is 2.28. The fourth-order valence-electron chi connectivity index (χ4n) is 2.08. The largest absolute Gasteiger partial charge is 0.378 e. The van der Waals surface area contributed by atoms with Crippen LogP contribution < -0.4 is 5.73 Å². The van der Waals surface area contributed by atoms with Gasteiger partial charge in [-0.15, -0.1) is 0 Å². The molecule has 2 atom stereocenters. The lowest BCUT2D eigenvalue weighted by Crippen LogP contribution is -2.34. The van der Waals surface area contributed by atoms with E-state index in [9.17, 15) is 0 Å². The van der Waals surface area contributed by atoms with Crippen LogP contribution in [0.4, 0.5) is 0 Å². The summed E-state index contributed by atoms with van der Waals surface area (Å²) in [5.74, 6) is 0. The van der Waals surface area contributed by atoms with Crippen LogP contribution in [-0.4, -0.2) is 18.8 Å². The van der Waals surface area contributed by atoms with Gasteiger partial charge in [0, 0.05) is 12.6 Å². The molecule has 1 aliphatic heterocycles. The van der Waals surface area contributed by atoms with Crippen molar-refractivity contribution < 1.29 is 4.74 Å². The molecule has 2 nitrogen and oxygen atoms in total. The van der Waals surface area contributed by atoms with Crippen LogP contribution in [0.3, 0.4) is 0 Å². The third kappa shape index (κ3) is 3.33. The maximum absolute atomic E-state index is 5.91. The highest BCUT2D eigenvalue weighted by molar-refractivity contribution is 5.14. The molecule has 1 heterocycles. The van der Waals surface area contributed by atoms with E-state index < -0.39 is 0 Å². The Labute approximate surface area is 91.4 Å². The summed E-state index contributed by atoms with van der Waals surface area (Å²) in [4.78, 5) is 0. The molecule has 15 heavy (non-hydrogen) atoms. The van der Waals surface area contributed by atoms with Gasteiger partial charge in [-0.2, -0.15) is 0 Å². The van der Waals surface area contributed by atoms with E-state index >= 15 is 0 Å². The summed E-state index contributed by atoms with van der Waals surface area (Å²) < 4.78 is 5.69. The second-order valence-corrected chi connectivity index (χ2v) is 4.30. The molecule has 2 rings (SSSR count). The zero-order chi connectivity index (χ0) is 10.5. The van der Waals surface area contributed by atoms with Gasteiger partial charge in [-0.25, -0.2) is 0 Å². The van der Waals surface area contributed by atoms with Gasteiger partial charge in [-0.3, -0.25) is 0 Å². The van der Waals surface area contributed by atoms with Crippen molar-refractivity contribution in [2.45, 2.75) is 37.8 Å². The standard InChI is InChI=1S/C13H19NO/c14-12-8-9-15-13(10-12)7-6-11-4-2-1-3-5-11/h1-5,12-13H,6-10,14H2. The number of ether oxygens (including phenoxy) is 1. The highest BCUT2D eigenvalue weighted by atomic mass is 16.5. The van der Waals surface area contributed by atoms with E-state index in [1.807, 2.05) is 0 Å². The monoisotopic (exact) mass is 205 g/mol. The van der Waals surface area contributed by atoms with Crippen molar-refractivity contribution >= 4 is 0 Å². The molecule has 1 aromatic rings. The fourth-order valence-corrected chi connectivity index (χ4v) is 2.08. The maximum Gasteiger partial charge on any atom is 0.0593 e. The van der Waals surface area contributed by atoms with E-state index in [1.54, 1.807) is 0 Å². The number of hydrogen-bond donors (Lipinski definition) is 1. The summed E-state index contributed by atoms with van der Waals surface area (Å²) >= 11 is 0. The first-order valence-electron chi connectivity index (χ1n) is 5.75. The van der Waals surface area contributed by atoms with Gasteiger partial charge < -0.3 is 10.5 Å². The van der Waals surface area contributed by atoms with Gasteiger partial charge >= 0.3 is 0 Å². The summed E-state index contributed by atoms with van der Waals surface area (Å²) in [5, 5.41) is 0. The molecule has 0 aromatic heterocycles. The molecule has 82 valence electrons. The van der Waals surface area contributed by atoms with Crippen molar-refractivity contribution in [1.82, 2.24) is 0 Å². The minimum Gasteiger partial charge on any atom is -0.378 e. The minimum atomic E-state index is 0.347. The van der Waals surface area contributed by atoms with Crippen molar-refractivity contribution in [3.8, 4) is 0 Å². The molecular formula is C13H19NO. The van der Waals surface area contributed by atoms with E-state index in [-0.39, 0.29) is 0 Å². The zero-order valence-electron chi connectivity index (χ0n) is 9.06. The SMILES string of the molecule is NC1CCOC(CCc2ccccc2)C1. The van der Waals surface area contributed by atoms with Crippen LogP contribution in [0.25, 0.3) is 0 Å². The molecule has 0 radical (unpaired) electrons. The quantitative estimate of drug-likeness (QED) is 0.820. The second-order valence-electron chi connectivity index (χ2n) is 4.30. The van der Waals surface area contributed by atoms with Gasteiger partial charge in [0.05, 0.1) is 6.10 Å². The van der Waals surface area contributed by atoms with Crippen molar-refractivity contribution in [3.05, 3.63) is 35.9 Å².